The molecule has 0 spiro atoms. The first-order chi connectivity index (χ1) is 25.6. The zero-order chi connectivity index (χ0) is 39.3. The molecule has 0 bridgehead atoms. The summed E-state index contributed by atoms with van der Waals surface area (Å²) < 4.78 is 26.2. The van der Waals surface area contributed by atoms with E-state index in [0.717, 1.165) is 25.7 Å². The van der Waals surface area contributed by atoms with Crippen molar-refractivity contribution in [3.63, 3.8) is 0 Å². The first-order valence-electron chi connectivity index (χ1n) is 19.9. The van der Waals surface area contributed by atoms with Crippen LogP contribution in [0.3, 0.4) is 0 Å². The molecule has 11 heteroatoms. The number of unbranched alkanes of at least 4 members (excludes halogenated alkanes) is 13. The lowest BCUT2D eigenvalue weighted by Crippen LogP contribution is -2.29. The van der Waals surface area contributed by atoms with Gasteiger partial charge in [0.1, 0.15) is 6.61 Å². The Hall–Kier alpha value is -2.59. The molecule has 4 N–H and O–H groups in total. The SMILES string of the molecule is CC/C=C\C[C@H](O)/C=C/C=C\C=C\[C@H](O)C/C=C\C/C=C\CCC(=O)O[C@H](COC(=O)CCCCCCCCCCCCCCCC)COP(=O)(O)O. The molecule has 3 atom stereocenters. The Bertz CT molecular complexity index is 1120. The Labute approximate surface area is 320 Å². The fourth-order valence-electron chi connectivity index (χ4n) is 5.16. The summed E-state index contributed by atoms with van der Waals surface area (Å²) in [4.78, 5) is 42.7. The van der Waals surface area contributed by atoms with Crippen molar-refractivity contribution in [3.8, 4) is 0 Å². The van der Waals surface area contributed by atoms with Crippen molar-refractivity contribution < 1.29 is 48.2 Å². The predicted octanol–water partition coefficient (Wildman–Crippen LogP) is 9.84. The van der Waals surface area contributed by atoms with Gasteiger partial charge in [0.2, 0.25) is 0 Å². The lowest BCUT2D eigenvalue weighted by atomic mass is 10.0. The van der Waals surface area contributed by atoms with E-state index < -0.39 is 44.7 Å². The normalized spacial score (nSPS) is 14.5. The Kier molecular flexibility index (Phi) is 34.6. The van der Waals surface area contributed by atoms with Gasteiger partial charge < -0.3 is 29.5 Å². The number of hydrogen-bond donors (Lipinski definition) is 4. The molecule has 10 nitrogen and oxygen atoms in total. The number of ether oxygens (including phenoxy) is 2. The highest BCUT2D eigenvalue weighted by Gasteiger charge is 2.22. The minimum atomic E-state index is -4.80. The van der Waals surface area contributed by atoms with Crippen molar-refractivity contribution in [2.75, 3.05) is 13.2 Å². The van der Waals surface area contributed by atoms with Crippen LogP contribution in [0.5, 0.6) is 0 Å². The molecule has 53 heavy (non-hydrogen) atoms. The van der Waals surface area contributed by atoms with Gasteiger partial charge in [-0.1, -0.05) is 170 Å². The van der Waals surface area contributed by atoms with Crippen molar-refractivity contribution in [1.29, 1.82) is 0 Å². The number of carbonyl (C=O) groups excluding carboxylic acids is 2. The summed E-state index contributed by atoms with van der Waals surface area (Å²) in [5.41, 5.74) is 0. The van der Waals surface area contributed by atoms with Gasteiger partial charge in [0, 0.05) is 12.8 Å². The molecular formula is C42H71O10P. The topological polar surface area (TPSA) is 160 Å². The van der Waals surface area contributed by atoms with Crippen LogP contribution in [-0.2, 0) is 28.2 Å². The number of hydrogen-bond acceptors (Lipinski definition) is 8. The molecule has 0 saturated carbocycles. The van der Waals surface area contributed by atoms with Gasteiger partial charge in [-0.05, 0) is 38.5 Å². The first-order valence-corrected chi connectivity index (χ1v) is 21.5. The number of allylic oxidation sites excluding steroid dienone is 8. The van der Waals surface area contributed by atoms with E-state index in [9.17, 15) is 24.4 Å². The molecule has 0 unspecified atom stereocenters. The summed E-state index contributed by atoms with van der Waals surface area (Å²) in [5, 5.41) is 19.9. The highest BCUT2D eigenvalue weighted by atomic mass is 31.2. The van der Waals surface area contributed by atoms with Gasteiger partial charge in [-0.2, -0.15) is 0 Å². The lowest BCUT2D eigenvalue weighted by Gasteiger charge is -2.18. The van der Waals surface area contributed by atoms with Gasteiger partial charge in [-0.3, -0.25) is 14.1 Å². The van der Waals surface area contributed by atoms with Gasteiger partial charge >= 0.3 is 19.8 Å². The number of rotatable bonds is 35. The summed E-state index contributed by atoms with van der Waals surface area (Å²) in [6, 6.07) is 0. The van der Waals surface area contributed by atoms with Crippen LogP contribution < -0.4 is 0 Å². The third-order valence-electron chi connectivity index (χ3n) is 8.17. The molecule has 0 aliphatic carbocycles. The first kappa shape index (κ1) is 50.4. The van der Waals surface area contributed by atoms with Crippen LogP contribution in [0.25, 0.3) is 0 Å². The molecule has 0 heterocycles. The third kappa shape index (κ3) is 38.9. The fourth-order valence-corrected chi connectivity index (χ4v) is 5.52. The van der Waals surface area contributed by atoms with Crippen molar-refractivity contribution in [2.24, 2.45) is 0 Å². The molecule has 304 valence electrons. The van der Waals surface area contributed by atoms with Crippen LogP contribution in [0.4, 0.5) is 0 Å². The molecule has 0 aromatic heterocycles. The average Bonchev–Trinajstić information content (AvgIpc) is 3.11. The fraction of sp³-hybridized carbons (Fsp3) is 0.667. The summed E-state index contributed by atoms with van der Waals surface area (Å²) >= 11 is 0. The minimum absolute atomic E-state index is 0.0285. The van der Waals surface area contributed by atoms with Crippen LogP contribution in [0, 0.1) is 0 Å². The van der Waals surface area contributed by atoms with Crippen molar-refractivity contribution in [3.05, 3.63) is 72.9 Å². The summed E-state index contributed by atoms with van der Waals surface area (Å²) in [6.45, 7) is 3.34. The number of phosphoric acid groups is 1. The zero-order valence-electron chi connectivity index (χ0n) is 32.6. The average molecular weight is 767 g/mol. The maximum absolute atomic E-state index is 12.4. The molecule has 0 saturated heterocycles. The molecular weight excluding hydrogens is 695 g/mol. The zero-order valence-corrected chi connectivity index (χ0v) is 33.5. The number of aliphatic hydroxyl groups is 2. The van der Waals surface area contributed by atoms with Crippen molar-refractivity contribution in [2.45, 2.75) is 167 Å². The van der Waals surface area contributed by atoms with Crippen LogP contribution in [-0.4, -0.2) is 63.5 Å². The third-order valence-corrected chi connectivity index (χ3v) is 8.65. The molecule has 0 aliphatic rings. The van der Waals surface area contributed by atoms with E-state index >= 15 is 0 Å². The lowest BCUT2D eigenvalue weighted by molar-refractivity contribution is -0.161. The van der Waals surface area contributed by atoms with E-state index in [1.807, 2.05) is 43.4 Å². The van der Waals surface area contributed by atoms with E-state index in [2.05, 4.69) is 11.4 Å². The second-order valence-electron chi connectivity index (χ2n) is 13.3. The molecule has 0 aliphatic heterocycles. The van der Waals surface area contributed by atoms with Crippen LogP contribution in [0.2, 0.25) is 0 Å². The molecule has 0 radical (unpaired) electrons. The van der Waals surface area contributed by atoms with Crippen molar-refractivity contribution in [1.82, 2.24) is 0 Å². The Balaban J connectivity index is 4.22. The largest absolute Gasteiger partial charge is 0.469 e. The van der Waals surface area contributed by atoms with E-state index in [1.165, 1.54) is 64.2 Å². The Morgan fingerprint density at radius 1 is 0.604 bits per heavy atom. The highest BCUT2D eigenvalue weighted by Crippen LogP contribution is 2.36. The second-order valence-corrected chi connectivity index (χ2v) is 14.5. The maximum atomic E-state index is 12.4. The van der Waals surface area contributed by atoms with Gasteiger partial charge in [-0.15, -0.1) is 0 Å². The summed E-state index contributed by atoms with van der Waals surface area (Å²) in [6.07, 6.45) is 39.8. The van der Waals surface area contributed by atoms with E-state index in [0.29, 0.717) is 32.1 Å². The quantitative estimate of drug-likeness (QED) is 0.0161. The summed E-state index contributed by atoms with van der Waals surface area (Å²) in [5.74, 6) is -1.05. The van der Waals surface area contributed by atoms with E-state index in [4.69, 9.17) is 19.3 Å². The van der Waals surface area contributed by atoms with Gasteiger partial charge in [0.15, 0.2) is 6.10 Å². The predicted molar refractivity (Wildman–Crippen MR) is 214 cm³/mol. The Morgan fingerprint density at radius 3 is 1.64 bits per heavy atom. The van der Waals surface area contributed by atoms with Crippen LogP contribution >= 0.6 is 7.82 Å². The van der Waals surface area contributed by atoms with Crippen molar-refractivity contribution >= 4 is 19.8 Å². The van der Waals surface area contributed by atoms with Gasteiger partial charge in [0.05, 0.1) is 18.8 Å². The van der Waals surface area contributed by atoms with Crippen LogP contribution in [0.15, 0.2) is 72.9 Å². The van der Waals surface area contributed by atoms with Gasteiger partial charge in [0.25, 0.3) is 0 Å². The van der Waals surface area contributed by atoms with E-state index in [-0.39, 0.29) is 19.4 Å². The number of phosphoric ester groups is 1. The van der Waals surface area contributed by atoms with Gasteiger partial charge in [-0.25, -0.2) is 4.57 Å². The summed E-state index contributed by atoms with van der Waals surface area (Å²) in [7, 11) is -4.80. The Morgan fingerprint density at radius 2 is 1.11 bits per heavy atom. The number of carbonyl (C=O) groups is 2. The highest BCUT2D eigenvalue weighted by molar-refractivity contribution is 7.46. The molecule has 0 aromatic rings. The minimum Gasteiger partial charge on any atom is -0.462 e. The monoisotopic (exact) mass is 766 g/mol. The molecule has 0 rings (SSSR count). The number of esters is 2. The smallest absolute Gasteiger partial charge is 0.462 e. The molecule has 0 amide bonds. The van der Waals surface area contributed by atoms with Crippen LogP contribution in [0.1, 0.15) is 149 Å². The van der Waals surface area contributed by atoms with E-state index in [1.54, 1.807) is 36.5 Å². The number of aliphatic hydroxyl groups excluding tert-OH is 2. The maximum Gasteiger partial charge on any atom is 0.469 e. The molecule has 0 fully saturated rings. The standard InChI is InChI=1S/C42H71O10P/c1-3-5-7-8-9-10-11-12-13-14-15-16-20-28-34-41(45)50-36-40(37-51-53(47,48)49)52-42(46)35-29-21-18-17-19-25-31-39(44)33-27-23-22-26-32-38(43)30-24-6-4-2/h6,18-19,21-27,32-33,38-40,43-44H,3-5,7-17,20,28-31,34-37H2,1-2H3,(H2,47,48,49)/b21-18-,23-22-,24-6-,25-19-,32-26+,33-27+/t38-,39+,40+/m0/s1. The molecule has 0 aromatic carbocycles. The second kappa shape index (κ2) is 36.4.